The molecule has 1 N–H and O–H groups in total. The number of rotatable bonds is 5. The maximum atomic E-state index is 11.2. The van der Waals surface area contributed by atoms with E-state index in [1.54, 1.807) is 0 Å². The maximum Gasteiger partial charge on any atom is 0.257 e. The fourth-order valence-corrected chi connectivity index (χ4v) is 1.26. The average Bonchev–Trinajstić information content (AvgIpc) is 2.25. The Morgan fingerprint density at radius 1 is 1.40 bits per heavy atom. The van der Waals surface area contributed by atoms with Gasteiger partial charge in [-0.05, 0) is 30.7 Å². The van der Waals surface area contributed by atoms with Gasteiger partial charge in [0.25, 0.3) is 5.91 Å². The highest BCUT2D eigenvalue weighted by Crippen LogP contribution is 2.15. The van der Waals surface area contributed by atoms with Gasteiger partial charge in [0.1, 0.15) is 5.75 Å². The molecule has 0 aromatic heterocycles. The molecule has 1 aromatic carbocycles. The van der Waals surface area contributed by atoms with E-state index in [4.69, 9.17) is 4.74 Å². The van der Waals surface area contributed by atoms with E-state index in [0.29, 0.717) is 12.3 Å². The van der Waals surface area contributed by atoms with Gasteiger partial charge >= 0.3 is 0 Å². The fourth-order valence-electron chi connectivity index (χ4n) is 0.995. The van der Waals surface area contributed by atoms with Crippen LogP contribution >= 0.6 is 15.9 Å². The fraction of sp³-hybridized carbons (Fsp3) is 0.364. The lowest BCUT2D eigenvalue weighted by molar-refractivity contribution is -0.123. The van der Waals surface area contributed by atoms with Gasteiger partial charge in [-0.1, -0.05) is 22.9 Å². The quantitative estimate of drug-likeness (QED) is 0.893. The summed E-state index contributed by atoms with van der Waals surface area (Å²) in [6.07, 6.45) is 0.935. The van der Waals surface area contributed by atoms with E-state index >= 15 is 0 Å². The topological polar surface area (TPSA) is 38.3 Å². The van der Waals surface area contributed by atoms with Crippen molar-refractivity contribution < 1.29 is 9.53 Å². The van der Waals surface area contributed by atoms with Gasteiger partial charge in [0, 0.05) is 11.0 Å². The minimum Gasteiger partial charge on any atom is -0.484 e. The molecule has 1 rings (SSSR count). The molecule has 0 aliphatic carbocycles. The molecular weight excluding hydrogens is 258 g/mol. The maximum absolute atomic E-state index is 11.2. The largest absolute Gasteiger partial charge is 0.484 e. The third-order valence-corrected chi connectivity index (χ3v) is 2.28. The van der Waals surface area contributed by atoms with Crippen molar-refractivity contribution in [3.8, 4) is 5.75 Å². The van der Waals surface area contributed by atoms with Crippen LogP contribution in [0.1, 0.15) is 13.3 Å². The first kappa shape index (κ1) is 12.0. The second-order valence-corrected chi connectivity index (χ2v) is 4.01. The molecule has 3 nitrogen and oxygen atoms in total. The van der Waals surface area contributed by atoms with E-state index in [0.717, 1.165) is 10.9 Å². The Morgan fingerprint density at radius 3 is 2.67 bits per heavy atom. The Morgan fingerprint density at radius 2 is 2.07 bits per heavy atom. The summed E-state index contributed by atoms with van der Waals surface area (Å²) in [7, 11) is 0. The van der Waals surface area contributed by atoms with Crippen molar-refractivity contribution in [2.75, 3.05) is 13.2 Å². The highest BCUT2D eigenvalue weighted by Gasteiger charge is 2.00. The zero-order chi connectivity index (χ0) is 11.1. The molecule has 1 aromatic rings. The van der Waals surface area contributed by atoms with E-state index in [1.165, 1.54) is 0 Å². The number of benzene rings is 1. The Hall–Kier alpha value is -1.03. The molecule has 0 saturated carbocycles. The van der Waals surface area contributed by atoms with E-state index in [9.17, 15) is 4.79 Å². The summed E-state index contributed by atoms with van der Waals surface area (Å²) in [5, 5.41) is 2.74. The Labute approximate surface area is 97.9 Å². The number of carbonyl (C=O) groups excluding carboxylic acids is 1. The summed E-state index contributed by atoms with van der Waals surface area (Å²) >= 11 is 3.32. The molecule has 4 heteroatoms. The van der Waals surface area contributed by atoms with Crippen molar-refractivity contribution in [3.05, 3.63) is 28.7 Å². The SMILES string of the molecule is CCCNC(=O)COc1ccc(Br)cc1. The van der Waals surface area contributed by atoms with Gasteiger partial charge < -0.3 is 10.1 Å². The van der Waals surface area contributed by atoms with Crippen molar-refractivity contribution in [2.24, 2.45) is 0 Å². The van der Waals surface area contributed by atoms with Gasteiger partial charge in [0.05, 0.1) is 0 Å². The van der Waals surface area contributed by atoms with Crippen molar-refractivity contribution in [1.82, 2.24) is 5.32 Å². The Bertz CT molecular complexity index is 311. The zero-order valence-corrected chi connectivity index (χ0v) is 10.2. The molecular formula is C11H14BrNO2. The van der Waals surface area contributed by atoms with Crippen LogP contribution in [-0.4, -0.2) is 19.1 Å². The number of hydrogen-bond acceptors (Lipinski definition) is 2. The van der Waals surface area contributed by atoms with Crippen LogP contribution in [0.4, 0.5) is 0 Å². The van der Waals surface area contributed by atoms with Crippen LogP contribution in [0.3, 0.4) is 0 Å². The molecule has 0 fully saturated rings. The smallest absolute Gasteiger partial charge is 0.257 e. The van der Waals surface area contributed by atoms with E-state index in [2.05, 4.69) is 21.2 Å². The first-order valence-corrected chi connectivity index (χ1v) is 5.66. The predicted octanol–water partition coefficient (Wildman–Crippen LogP) is 2.35. The van der Waals surface area contributed by atoms with Gasteiger partial charge in [-0.2, -0.15) is 0 Å². The summed E-state index contributed by atoms with van der Waals surface area (Å²) in [5.74, 6) is 0.615. The number of halogens is 1. The van der Waals surface area contributed by atoms with Crippen molar-refractivity contribution >= 4 is 21.8 Å². The predicted molar refractivity (Wildman–Crippen MR) is 62.9 cm³/mol. The third-order valence-electron chi connectivity index (χ3n) is 1.76. The molecule has 0 spiro atoms. The van der Waals surface area contributed by atoms with Crippen LogP contribution in [0.25, 0.3) is 0 Å². The molecule has 0 radical (unpaired) electrons. The van der Waals surface area contributed by atoms with E-state index in [-0.39, 0.29) is 12.5 Å². The summed E-state index contributed by atoms with van der Waals surface area (Å²) in [6, 6.07) is 7.38. The molecule has 0 unspecified atom stereocenters. The molecule has 1 amide bonds. The van der Waals surface area contributed by atoms with Crippen molar-refractivity contribution in [2.45, 2.75) is 13.3 Å². The van der Waals surface area contributed by atoms with Crippen LogP contribution in [0.5, 0.6) is 5.75 Å². The molecule has 0 aliphatic rings. The van der Waals surface area contributed by atoms with Crippen LogP contribution in [0.15, 0.2) is 28.7 Å². The second-order valence-electron chi connectivity index (χ2n) is 3.09. The lowest BCUT2D eigenvalue weighted by Gasteiger charge is -2.06. The molecule has 0 saturated heterocycles. The van der Waals surface area contributed by atoms with Gasteiger partial charge in [-0.3, -0.25) is 4.79 Å². The number of nitrogens with one attached hydrogen (secondary N) is 1. The highest BCUT2D eigenvalue weighted by molar-refractivity contribution is 9.10. The number of ether oxygens (including phenoxy) is 1. The van der Waals surface area contributed by atoms with Crippen molar-refractivity contribution in [3.63, 3.8) is 0 Å². The standard InChI is InChI=1S/C11H14BrNO2/c1-2-7-13-11(14)8-15-10-5-3-9(12)4-6-10/h3-6H,2,7-8H2,1H3,(H,13,14). The highest BCUT2D eigenvalue weighted by atomic mass is 79.9. The normalized spacial score (nSPS) is 9.73. The number of hydrogen-bond donors (Lipinski definition) is 1. The lowest BCUT2D eigenvalue weighted by Crippen LogP contribution is -2.29. The summed E-state index contributed by atoms with van der Waals surface area (Å²) in [5.41, 5.74) is 0. The van der Waals surface area contributed by atoms with Crippen molar-refractivity contribution in [1.29, 1.82) is 0 Å². The molecule has 0 bridgehead atoms. The Balaban J connectivity index is 2.30. The van der Waals surface area contributed by atoms with Gasteiger partial charge in [0.2, 0.25) is 0 Å². The first-order chi connectivity index (χ1) is 7.22. The lowest BCUT2D eigenvalue weighted by atomic mass is 10.3. The van der Waals surface area contributed by atoms with Crippen LogP contribution in [-0.2, 0) is 4.79 Å². The van der Waals surface area contributed by atoms with Gasteiger partial charge in [-0.15, -0.1) is 0 Å². The number of amides is 1. The molecule has 0 atom stereocenters. The minimum absolute atomic E-state index is 0.0711. The second kappa shape index (κ2) is 6.45. The van der Waals surface area contributed by atoms with Crippen LogP contribution in [0.2, 0.25) is 0 Å². The average molecular weight is 272 g/mol. The first-order valence-electron chi connectivity index (χ1n) is 4.87. The summed E-state index contributed by atoms with van der Waals surface area (Å²) in [6.45, 7) is 2.78. The molecule has 15 heavy (non-hydrogen) atoms. The van der Waals surface area contributed by atoms with Gasteiger partial charge in [-0.25, -0.2) is 0 Å². The molecule has 0 heterocycles. The van der Waals surface area contributed by atoms with Crippen LogP contribution in [0, 0.1) is 0 Å². The Kier molecular flexibility index (Phi) is 5.18. The molecule has 82 valence electrons. The summed E-state index contributed by atoms with van der Waals surface area (Å²) < 4.78 is 6.28. The number of carbonyl (C=O) groups is 1. The zero-order valence-electron chi connectivity index (χ0n) is 8.63. The minimum atomic E-state index is -0.0835. The summed E-state index contributed by atoms with van der Waals surface area (Å²) in [4.78, 5) is 11.2. The monoisotopic (exact) mass is 271 g/mol. The third kappa shape index (κ3) is 4.83. The van der Waals surface area contributed by atoms with E-state index in [1.807, 2.05) is 31.2 Å². The molecule has 0 aliphatic heterocycles. The van der Waals surface area contributed by atoms with E-state index < -0.39 is 0 Å². The van der Waals surface area contributed by atoms with Gasteiger partial charge in [0.15, 0.2) is 6.61 Å². The van der Waals surface area contributed by atoms with Crippen LogP contribution < -0.4 is 10.1 Å².